The van der Waals surface area contributed by atoms with Gasteiger partial charge in [-0.2, -0.15) is 0 Å². The Labute approximate surface area is 192 Å². The van der Waals surface area contributed by atoms with Crippen LogP contribution in [0.15, 0.2) is 60.7 Å². The third-order valence-corrected chi connectivity index (χ3v) is 6.30. The smallest absolute Gasteiger partial charge is 0.339 e. The molecule has 0 aliphatic heterocycles. The van der Waals surface area contributed by atoms with E-state index in [1.807, 2.05) is 24.3 Å². The van der Waals surface area contributed by atoms with Crippen molar-refractivity contribution in [1.29, 1.82) is 0 Å². The first kappa shape index (κ1) is 22.3. The molecule has 0 spiro atoms. The van der Waals surface area contributed by atoms with E-state index in [-0.39, 0.29) is 11.6 Å². The quantitative estimate of drug-likeness (QED) is 0.476. The summed E-state index contributed by atoms with van der Waals surface area (Å²) in [6.07, 6.45) is 2.24. The standard InChI is InChI=1S/C26H26ClNO4/c1-32-25-11-7-19(14-23(25)26(30)31)18-3-2-16-6-10-22(13-20(16)12-18)28-15-24(29)17-4-8-21(27)9-5-17/h2-5,7-9,11-12,14,22,24,28-29H,6,10,13,15H2,1H3,(H,30,31)/t22-,24+/m0/s1. The number of aromatic carboxylic acids is 1. The van der Waals surface area contributed by atoms with Crippen LogP contribution >= 0.6 is 11.6 Å². The first-order chi connectivity index (χ1) is 15.4. The Bertz CT molecular complexity index is 1110. The van der Waals surface area contributed by atoms with Crippen molar-refractivity contribution in [1.82, 2.24) is 5.32 Å². The maximum atomic E-state index is 11.6. The summed E-state index contributed by atoms with van der Waals surface area (Å²) < 4.78 is 5.17. The Balaban J connectivity index is 1.47. The van der Waals surface area contributed by atoms with Crippen molar-refractivity contribution >= 4 is 17.6 Å². The number of aryl methyl sites for hydroxylation is 1. The number of halogens is 1. The maximum Gasteiger partial charge on any atom is 0.339 e. The molecule has 3 N–H and O–H groups in total. The minimum absolute atomic E-state index is 0.151. The first-order valence-corrected chi connectivity index (χ1v) is 11.0. The second kappa shape index (κ2) is 9.74. The van der Waals surface area contributed by atoms with E-state index in [9.17, 15) is 15.0 Å². The third-order valence-electron chi connectivity index (χ3n) is 6.05. The molecule has 0 saturated carbocycles. The number of ether oxygens (including phenoxy) is 1. The van der Waals surface area contributed by atoms with Gasteiger partial charge in [-0.05, 0) is 71.3 Å². The van der Waals surface area contributed by atoms with Crippen LogP contribution in [0.4, 0.5) is 0 Å². The van der Waals surface area contributed by atoms with E-state index in [4.69, 9.17) is 16.3 Å². The molecule has 0 radical (unpaired) electrons. The molecule has 3 aromatic rings. The molecular weight excluding hydrogens is 426 g/mol. The van der Waals surface area contributed by atoms with Crippen LogP contribution in [0.3, 0.4) is 0 Å². The van der Waals surface area contributed by atoms with Gasteiger partial charge in [0.25, 0.3) is 0 Å². The molecule has 2 atom stereocenters. The van der Waals surface area contributed by atoms with Crippen molar-refractivity contribution in [3.63, 3.8) is 0 Å². The van der Waals surface area contributed by atoms with Crippen molar-refractivity contribution < 1.29 is 19.7 Å². The summed E-state index contributed by atoms with van der Waals surface area (Å²) in [5, 5.41) is 24.1. The summed E-state index contributed by atoms with van der Waals surface area (Å²) in [4.78, 5) is 11.6. The molecule has 4 rings (SSSR count). The van der Waals surface area contributed by atoms with Crippen LogP contribution in [0.2, 0.25) is 5.02 Å². The van der Waals surface area contributed by atoms with Gasteiger partial charge in [0.1, 0.15) is 11.3 Å². The fourth-order valence-electron chi connectivity index (χ4n) is 4.25. The molecule has 0 amide bonds. The topological polar surface area (TPSA) is 78.8 Å². The number of aliphatic hydroxyl groups excluding tert-OH is 1. The highest BCUT2D eigenvalue weighted by atomic mass is 35.5. The molecule has 6 heteroatoms. The fourth-order valence-corrected chi connectivity index (χ4v) is 4.37. The van der Waals surface area contributed by atoms with Crippen molar-refractivity contribution in [2.45, 2.75) is 31.4 Å². The Morgan fingerprint density at radius 3 is 2.53 bits per heavy atom. The van der Waals surface area contributed by atoms with Crippen molar-refractivity contribution in [2.24, 2.45) is 0 Å². The Kier molecular flexibility index (Phi) is 6.80. The number of fused-ring (bicyclic) bond motifs is 1. The summed E-state index contributed by atoms with van der Waals surface area (Å²) >= 11 is 5.93. The summed E-state index contributed by atoms with van der Waals surface area (Å²) in [6.45, 7) is 0.474. The number of aliphatic hydroxyl groups is 1. The first-order valence-electron chi connectivity index (χ1n) is 10.6. The number of carbonyl (C=O) groups is 1. The maximum absolute atomic E-state index is 11.6. The lowest BCUT2D eigenvalue weighted by Crippen LogP contribution is -2.37. The number of hydrogen-bond donors (Lipinski definition) is 3. The Morgan fingerprint density at radius 2 is 1.81 bits per heavy atom. The lowest BCUT2D eigenvalue weighted by molar-refractivity contribution is 0.0693. The zero-order chi connectivity index (χ0) is 22.7. The molecule has 0 saturated heterocycles. The van der Waals surface area contributed by atoms with E-state index >= 15 is 0 Å². The molecule has 5 nitrogen and oxygen atoms in total. The van der Waals surface area contributed by atoms with Crippen LogP contribution in [-0.4, -0.2) is 35.9 Å². The highest BCUT2D eigenvalue weighted by Crippen LogP contribution is 2.31. The van der Waals surface area contributed by atoms with Gasteiger partial charge in [-0.3, -0.25) is 0 Å². The van der Waals surface area contributed by atoms with Crippen LogP contribution in [0, 0.1) is 0 Å². The minimum Gasteiger partial charge on any atom is -0.496 e. The van der Waals surface area contributed by atoms with Crippen molar-refractivity contribution in [2.75, 3.05) is 13.7 Å². The molecule has 1 aliphatic carbocycles. The monoisotopic (exact) mass is 451 g/mol. The van der Waals surface area contributed by atoms with E-state index in [1.54, 1.807) is 24.3 Å². The minimum atomic E-state index is -1.01. The molecule has 166 valence electrons. The zero-order valence-electron chi connectivity index (χ0n) is 17.8. The van der Waals surface area contributed by atoms with Gasteiger partial charge >= 0.3 is 5.97 Å². The van der Waals surface area contributed by atoms with Gasteiger partial charge in [0, 0.05) is 17.6 Å². The van der Waals surface area contributed by atoms with Crippen molar-refractivity contribution in [3.8, 4) is 16.9 Å². The summed E-state index contributed by atoms with van der Waals surface area (Å²) in [5.41, 5.74) is 5.39. The molecule has 0 fully saturated rings. The molecule has 1 aliphatic rings. The lowest BCUT2D eigenvalue weighted by atomic mass is 9.86. The fraction of sp³-hybridized carbons (Fsp3) is 0.269. The van der Waals surface area contributed by atoms with Crippen LogP contribution < -0.4 is 10.1 Å². The number of hydrogen-bond acceptors (Lipinski definition) is 4. The molecule has 32 heavy (non-hydrogen) atoms. The van der Waals surface area contributed by atoms with E-state index in [2.05, 4.69) is 17.4 Å². The second-order valence-corrected chi connectivity index (χ2v) is 8.56. The van der Waals surface area contributed by atoms with E-state index in [0.29, 0.717) is 17.3 Å². The summed E-state index contributed by atoms with van der Waals surface area (Å²) in [5.74, 6) is -0.659. The zero-order valence-corrected chi connectivity index (χ0v) is 18.6. The normalized spacial score (nSPS) is 16.3. The van der Waals surface area contributed by atoms with Gasteiger partial charge in [0.05, 0.1) is 13.2 Å². The van der Waals surface area contributed by atoms with E-state index < -0.39 is 12.1 Å². The molecule has 3 aromatic carbocycles. The van der Waals surface area contributed by atoms with E-state index in [1.165, 1.54) is 18.2 Å². The van der Waals surface area contributed by atoms with Gasteiger partial charge in [-0.1, -0.05) is 48.0 Å². The number of carboxylic acids is 1. The number of carboxylic acid groups (broad SMARTS) is 1. The van der Waals surface area contributed by atoms with Gasteiger partial charge < -0.3 is 20.3 Å². The third kappa shape index (κ3) is 4.96. The summed E-state index contributed by atoms with van der Waals surface area (Å²) in [7, 11) is 1.47. The molecule has 0 unspecified atom stereocenters. The Morgan fingerprint density at radius 1 is 1.09 bits per heavy atom. The van der Waals surface area contributed by atoms with Crippen LogP contribution in [-0.2, 0) is 12.8 Å². The SMILES string of the molecule is COc1ccc(-c2ccc3c(c2)C[C@@H](NC[C@@H](O)c2ccc(Cl)cc2)CC3)cc1C(=O)O. The molecule has 0 bridgehead atoms. The van der Waals surface area contributed by atoms with Gasteiger partial charge in [0.15, 0.2) is 0 Å². The van der Waals surface area contributed by atoms with Gasteiger partial charge in [0.2, 0.25) is 0 Å². The number of rotatable bonds is 7. The Hall–Kier alpha value is -2.86. The summed E-state index contributed by atoms with van der Waals surface area (Å²) in [6, 6.07) is 19.1. The molecule has 0 heterocycles. The lowest BCUT2D eigenvalue weighted by Gasteiger charge is -2.27. The predicted octanol–water partition coefficient (Wildman–Crippen LogP) is 4.89. The average molecular weight is 452 g/mol. The highest BCUT2D eigenvalue weighted by Gasteiger charge is 2.20. The number of methoxy groups -OCH3 is 1. The molecular formula is C26H26ClNO4. The number of benzene rings is 3. The number of nitrogens with one attached hydrogen (secondary N) is 1. The van der Waals surface area contributed by atoms with Crippen LogP contribution in [0.25, 0.3) is 11.1 Å². The van der Waals surface area contributed by atoms with Crippen LogP contribution in [0.1, 0.15) is 39.6 Å². The van der Waals surface area contributed by atoms with Crippen LogP contribution in [0.5, 0.6) is 5.75 Å². The molecule has 0 aromatic heterocycles. The van der Waals surface area contributed by atoms with Gasteiger partial charge in [-0.15, -0.1) is 0 Å². The highest BCUT2D eigenvalue weighted by molar-refractivity contribution is 6.30. The van der Waals surface area contributed by atoms with E-state index in [0.717, 1.165) is 36.0 Å². The largest absolute Gasteiger partial charge is 0.496 e. The van der Waals surface area contributed by atoms with Crippen molar-refractivity contribution in [3.05, 3.63) is 87.9 Å². The van der Waals surface area contributed by atoms with Gasteiger partial charge in [-0.25, -0.2) is 4.79 Å². The average Bonchev–Trinajstić information content (AvgIpc) is 2.82. The second-order valence-electron chi connectivity index (χ2n) is 8.12. The predicted molar refractivity (Wildman–Crippen MR) is 126 cm³/mol.